The van der Waals surface area contributed by atoms with E-state index in [1.54, 1.807) is 6.08 Å². The molecule has 1 heterocycles. The van der Waals surface area contributed by atoms with Gasteiger partial charge in [0.2, 0.25) is 0 Å². The maximum Gasteiger partial charge on any atom is 0.254 e. The van der Waals surface area contributed by atoms with E-state index in [-0.39, 0.29) is 18.1 Å². The summed E-state index contributed by atoms with van der Waals surface area (Å²) in [6.07, 6.45) is 7.28. The molecule has 1 fully saturated rings. The molecule has 1 aliphatic heterocycles. The van der Waals surface area contributed by atoms with Gasteiger partial charge in [0.05, 0.1) is 12.1 Å². The van der Waals surface area contributed by atoms with Crippen LogP contribution < -0.4 is 0 Å². The third-order valence-corrected chi connectivity index (χ3v) is 4.66. The smallest absolute Gasteiger partial charge is 0.254 e. The predicted molar refractivity (Wildman–Crippen MR) is 92.2 cm³/mol. The van der Waals surface area contributed by atoms with E-state index >= 15 is 0 Å². The van der Waals surface area contributed by atoms with Crippen LogP contribution in [-0.4, -0.2) is 29.1 Å². The summed E-state index contributed by atoms with van der Waals surface area (Å²) in [6, 6.07) is 10.4. The van der Waals surface area contributed by atoms with Crippen molar-refractivity contribution < 1.29 is 9.53 Å². The third-order valence-electron chi connectivity index (χ3n) is 4.41. The van der Waals surface area contributed by atoms with Gasteiger partial charge in [-0.1, -0.05) is 48.0 Å². The Labute approximate surface area is 142 Å². The zero-order valence-electron chi connectivity index (χ0n) is 13.5. The summed E-state index contributed by atoms with van der Waals surface area (Å²) in [4.78, 5) is 15.0. The first kappa shape index (κ1) is 16.3. The van der Waals surface area contributed by atoms with Crippen LogP contribution in [0.2, 0.25) is 0 Å². The van der Waals surface area contributed by atoms with Gasteiger partial charge in [0.25, 0.3) is 5.91 Å². The number of hydrogen-bond acceptors (Lipinski definition) is 2. The Morgan fingerprint density at radius 3 is 2.70 bits per heavy atom. The van der Waals surface area contributed by atoms with Crippen molar-refractivity contribution in [1.29, 1.82) is 0 Å². The highest BCUT2D eigenvalue weighted by Gasteiger charge is 2.40. The Bertz CT molecular complexity index is 636. The number of halogens is 1. The van der Waals surface area contributed by atoms with Crippen LogP contribution in [0.4, 0.5) is 0 Å². The Morgan fingerprint density at radius 1 is 1.30 bits per heavy atom. The minimum absolute atomic E-state index is 0.0358. The van der Waals surface area contributed by atoms with Gasteiger partial charge in [0.1, 0.15) is 5.60 Å². The average molecular weight is 332 g/mol. The van der Waals surface area contributed by atoms with Crippen LogP contribution in [0.5, 0.6) is 0 Å². The standard InChI is InChI=1S/C19H22ClNO2/c1-19(2,23-16-11-10-15(20)13-16)18(22)21-12-6-9-17(21)14-7-4-3-5-8-14/h3-5,7-8,10-11,13,16-17H,6,9,12H2,1-2H3. The first-order chi connectivity index (χ1) is 11.0. The zero-order valence-corrected chi connectivity index (χ0v) is 14.3. The molecule has 0 spiro atoms. The van der Waals surface area contributed by atoms with Crippen molar-refractivity contribution in [2.75, 3.05) is 6.54 Å². The molecule has 1 aromatic rings. The number of rotatable bonds is 4. The van der Waals surface area contributed by atoms with E-state index in [4.69, 9.17) is 16.3 Å². The van der Waals surface area contributed by atoms with E-state index in [1.807, 2.05) is 49.1 Å². The van der Waals surface area contributed by atoms with Crippen LogP contribution >= 0.6 is 11.6 Å². The molecule has 2 atom stereocenters. The largest absolute Gasteiger partial charge is 0.354 e. The van der Waals surface area contributed by atoms with Gasteiger partial charge < -0.3 is 9.64 Å². The lowest BCUT2D eigenvalue weighted by molar-refractivity contribution is -0.157. The second-order valence-electron chi connectivity index (χ2n) is 6.57. The molecule has 0 N–H and O–H groups in total. The van der Waals surface area contributed by atoms with Gasteiger partial charge >= 0.3 is 0 Å². The van der Waals surface area contributed by atoms with Crippen molar-refractivity contribution in [2.24, 2.45) is 0 Å². The molecule has 2 aliphatic rings. The second kappa shape index (κ2) is 6.50. The predicted octanol–water partition coefficient (Wildman–Crippen LogP) is 4.21. The van der Waals surface area contributed by atoms with Gasteiger partial charge in [-0.2, -0.15) is 0 Å². The maximum atomic E-state index is 13.0. The normalized spacial score (nSPS) is 24.1. The van der Waals surface area contributed by atoms with Crippen LogP contribution in [0.15, 0.2) is 53.6 Å². The number of amides is 1. The Kier molecular flexibility index (Phi) is 4.60. The third kappa shape index (κ3) is 3.51. The van der Waals surface area contributed by atoms with E-state index in [0.29, 0.717) is 5.03 Å². The van der Waals surface area contributed by atoms with E-state index in [1.165, 1.54) is 5.56 Å². The molecule has 4 heteroatoms. The fourth-order valence-corrected chi connectivity index (χ4v) is 3.49. The molecule has 23 heavy (non-hydrogen) atoms. The molecule has 0 saturated carbocycles. The number of ether oxygens (including phenoxy) is 1. The monoisotopic (exact) mass is 331 g/mol. The number of benzene rings is 1. The second-order valence-corrected chi connectivity index (χ2v) is 7.01. The van der Waals surface area contributed by atoms with Crippen LogP contribution in [0.3, 0.4) is 0 Å². The number of allylic oxidation sites excluding steroid dienone is 2. The number of likely N-dealkylation sites (tertiary alicyclic amines) is 1. The molecule has 1 amide bonds. The molecule has 0 radical (unpaired) electrons. The van der Waals surface area contributed by atoms with Crippen molar-refractivity contribution in [2.45, 2.75) is 44.4 Å². The lowest BCUT2D eigenvalue weighted by Gasteiger charge is -2.34. The van der Waals surface area contributed by atoms with E-state index < -0.39 is 5.60 Å². The molecule has 0 aromatic heterocycles. The topological polar surface area (TPSA) is 29.5 Å². The first-order valence-corrected chi connectivity index (χ1v) is 8.44. The summed E-state index contributed by atoms with van der Waals surface area (Å²) < 4.78 is 5.99. The highest BCUT2D eigenvalue weighted by atomic mass is 35.5. The Hall–Kier alpha value is -1.58. The van der Waals surface area contributed by atoms with Gasteiger partial charge in [-0.05, 0) is 44.4 Å². The summed E-state index contributed by atoms with van der Waals surface area (Å²) >= 11 is 5.94. The molecule has 122 valence electrons. The van der Waals surface area contributed by atoms with Crippen molar-refractivity contribution in [3.63, 3.8) is 0 Å². The fraction of sp³-hybridized carbons (Fsp3) is 0.421. The van der Waals surface area contributed by atoms with Gasteiger partial charge in [0.15, 0.2) is 0 Å². The highest BCUT2D eigenvalue weighted by molar-refractivity contribution is 6.31. The van der Waals surface area contributed by atoms with Crippen molar-refractivity contribution in [1.82, 2.24) is 4.90 Å². The van der Waals surface area contributed by atoms with Gasteiger partial charge in [-0.3, -0.25) is 4.79 Å². The Morgan fingerprint density at radius 2 is 2.04 bits per heavy atom. The van der Waals surface area contributed by atoms with Gasteiger partial charge in [-0.25, -0.2) is 0 Å². The number of carbonyl (C=O) groups is 1. The molecular formula is C19H22ClNO2. The number of carbonyl (C=O) groups excluding carboxylic acids is 1. The summed E-state index contributed by atoms with van der Waals surface area (Å²) in [5, 5.41) is 0.654. The number of nitrogens with zero attached hydrogens (tertiary/aromatic N) is 1. The van der Waals surface area contributed by atoms with Gasteiger partial charge in [0, 0.05) is 11.6 Å². The SMILES string of the molecule is CC(C)(OC1C=CC(Cl)=C1)C(=O)N1CCCC1c1ccccc1. The minimum Gasteiger partial charge on any atom is -0.354 e. The van der Waals surface area contributed by atoms with Crippen molar-refractivity contribution in [3.8, 4) is 0 Å². The number of hydrogen-bond donors (Lipinski definition) is 0. The lowest BCUT2D eigenvalue weighted by Crippen LogP contribution is -2.47. The quantitative estimate of drug-likeness (QED) is 0.827. The van der Waals surface area contributed by atoms with E-state index in [0.717, 1.165) is 19.4 Å². The molecule has 2 unspecified atom stereocenters. The van der Waals surface area contributed by atoms with Crippen LogP contribution in [0.25, 0.3) is 0 Å². The summed E-state index contributed by atoms with van der Waals surface area (Å²) in [6.45, 7) is 4.45. The molecule has 3 rings (SSSR count). The molecule has 1 saturated heterocycles. The lowest BCUT2D eigenvalue weighted by atomic mass is 10.0. The maximum absolute atomic E-state index is 13.0. The summed E-state index contributed by atoms with van der Waals surface area (Å²) in [7, 11) is 0. The zero-order chi connectivity index (χ0) is 16.4. The van der Waals surface area contributed by atoms with Gasteiger partial charge in [-0.15, -0.1) is 0 Å². The Balaban J connectivity index is 1.74. The van der Waals surface area contributed by atoms with Crippen LogP contribution in [0, 0.1) is 0 Å². The molecule has 0 bridgehead atoms. The summed E-state index contributed by atoms with van der Waals surface area (Å²) in [5.41, 5.74) is 0.308. The molecular weight excluding hydrogens is 310 g/mol. The van der Waals surface area contributed by atoms with Crippen LogP contribution in [-0.2, 0) is 9.53 Å². The average Bonchev–Trinajstić information content (AvgIpc) is 3.16. The molecule has 1 aliphatic carbocycles. The molecule has 1 aromatic carbocycles. The first-order valence-electron chi connectivity index (χ1n) is 8.07. The van der Waals surface area contributed by atoms with E-state index in [9.17, 15) is 4.79 Å². The summed E-state index contributed by atoms with van der Waals surface area (Å²) in [5.74, 6) is 0.0358. The fourth-order valence-electron chi connectivity index (χ4n) is 3.30. The van der Waals surface area contributed by atoms with Crippen molar-refractivity contribution >= 4 is 17.5 Å². The van der Waals surface area contributed by atoms with Crippen molar-refractivity contribution in [3.05, 3.63) is 59.2 Å². The molecule has 3 nitrogen and oxygen atoms in total. The van der Waals surface area contributed by atoms with E-state index in [2.05, 4.69) is 12.1 Å². The van der Waals surface area contributed by atoms with Crippen LogP contribution in [0.1, 0.15) is 38.3 Å². The minimum atomic E-state index is -0.885. The highest BCUT2D eigenvalue weighted by Crippen LogP contribution is 2.34.